The van der Waals surface area contributed by atoms with E-state index in [4.69, 9.17) is 104 Å². The topological polar surface area (TPSA) is 12.9 Å². The van der Waals surface area contributed by atoms with Crippen LogP contribution in [0, 0.1) is 0 Å². The second-order valence-electron chi connectivity index (χ2n) is 6.87. The van der Waals surface area contributed by atoms with Crippen LogP contribution in [0.5, 0.6) is 0 Å². The SMILES string of the molecule is Clc1cc(-c2cncc(-c3cc(Cl)c(Cl)c(Cl)c3)c2-c2cc(Cl)c(Cl)c(Cl)c2)cc(Cl)c1Cl. The van der Waals surface area contributed by atoms with Crippen molar-refractivity contribution < 1.29 is 0 Å². The highest BCUT2D eigenvalue weighted by Gasteiger charge is 2.20. The number of pyridine rings is 1. The van der Waals surface area contributed by atoms with Crippen LogP contribution in [0.4, 0.5) is 0 Å². The molecule has 4 rings (SSSR count). The van der Waals surface area contributed by atoms with Crippen molar-refractivity contribution in [2.75, 3.05) is 0 Å². The molecule has 0 amide bonds. The number of halogens is 9. The lowest BCUT2D eigenvalue weighted by Crippen LogP contribution is -1.94. The summed E-state index contributed by atoms with van der Waals surface area (Å²) in [6.07, 6.45) is 3.34. The summed E-state index contributed by atoms with van der Waals surface area (Å²) in [5.74, 6) is 0. The third kappa shape index (κ3) is 5.05. The highest BCUT2D eigenvalue weighted by molar-refractivity contribution is 6.49. The Morgan fingerprint density at radius 3 is 0.970 bits per heavy atom. The van der Waals surface area contributed by atoms with Crippen molar-refractivity contribution in [1.29, 1.82) is 0 Å². The molecule has 0 atom stereocenters. The van der Waals surface area contributed by atoms with Crippen LogP contribution >= 0.6 is 104 Å². The first kappa shape index (κ1) is 25.5. The maximum atomic E-state index is 6.36. The molecule has 0 fully saturated rings. The summed E-state index contributed by atoms with van der Waals surface area (Å²) in [5, 5.41) is 2.48. The predicted molar refractivity (Wildman–Crippen MR) is 146 cm³/mol. The molecule has 0 aliphatic rings. The fraction of sp³-hybridized carbons (Fsp3) is 0. The van der Waals surface area contributed by atoms with Crippen molar-refractivity contribution in [2.24, 2.45) is 0 Å². The van der Waals surface area contributed by atoms with E-state index in [1.165, 1.54) is 0 Å². The van der Waals surface area contributed by atoms with E-state index < -0.39 is 0 Å². The number of aromatic nitrogens is 1. The van der Waals surface area contributed by atoms with Crippen LogP contribution in [-0.4, -0.2) is 4.98 Å². The average molecular weight is 617 g/mol. The lowest BCUT2D eigenvalue weighted by Gasteiger charge is -2.18. The molecular weight excluding hydrogens is 609 g/mol. The van der Waals surface area contributed by atoms with Gasteiger partial charge in [-0.1, -0.05) is 104 Å². The summed E-state index contributed by atoms with van der Waals surface area (Å²) >= 11 is 56.5. The Balaban J connectivity index is 2.11. The summed E-state index contributed by atoms with van der Waals surface area (Å²) in [6.45, 7) is 0. The van der Waals surface area contributed by atoms with Gasteiger partial charge < -0.3 is 0 Å². The van der Waals surface area contributed by atoms with Crippen molar-refractivity contribution in [3.63, 3.8) is 0 Å². The van der Waals surface area contributed by atoms with Crippen LogP contribution in [0.2, 0.25) is 45.2 Å². The van der Waals surface area contributed by atoms with E-state index in [-0.39, 0.29) is 25.1 Å². The van der Waals surface area contributed by atoms with E-state index in [9.17, 15) is 0 Å². The molecule has 0 aliphatic carbocycles. The largest absolute Gasteiger partial charge is 0.263 e. The van der Waals surface area contributed by atoms with Gasteiger partial charge >= 0.3 is 0 Å². The summed E-state index contributed by atoms with van der Waals surface area (Å²) in [7, 11) is 0. The first-order valence-electron chi connectivity index (χ1n) is 9.01. The van der Waals surface area contributed by atoms with E-state index in [0.29, 0.717) is 47.9 Å². The van der Waals surface area contributed by atoms with Gasteiger partial charge in [0.25, 0.3) is 0 Å². The summed E-state index contributed by atoms with van der Waals surface area (Å²) in [6, 6.07) is 10.2. The van der Waals surface area contributed by atoms with Gasteiger partial charge in [0.1, 0.15) is 0 Å². The molecule has 0 bridgehead atoms. The number of hydrogen-bond acceptors (Lipinski definition) is 1. The predicted octanol–water partition coefficient (Wildman–Crippen LogP) is 12.0. The molecule has 0 aliphatic heterocycles. The van der Waals surface area contributed by atoms with Gasteiger partial charge in [0.15, 0.2) is 0 Å². The Kier molecular flexibility index (Phi) is 7.88. The zero-order chi connectivity index (χ0) is 24.0. The number of nitrogens with zero attached hydrogens (tertiary/aromatic N) is 1. The van der Waals surface area contributed by atoms with Gasteiger partial charge in [-0.3, -0.25) is 4.98 Å². The van der Waals surface area contributed by atoms with Gasteiger partial charge in [-0.15, -0.1) is 0 Å². The van der Waals surface area contributed by atoms with Crippen LogP contribution in [0.15, 0.2) is 48.8 Å². The van der Waals surface area contributed by atoms with Gasteiger partial charge in [-0.25, -0.2) is 0 Å². The Morgan fingerprint density at radius 2 is 0.667 bits per heavy atom. The highest BCUT2D eigenvalue weighted by Crippen LogP contribution is 2.46. The standard InChI is InChI=1S/C23H8Cl9N/c24-14-1-9(2-15(25)21(14)30)12-7-33-8-13(10-3-16(26)22(31)17(27)4-10)20(12)11-5-18(28)23(32)19(29)6-11/h1-8H. The van der Waals surface area contributed by atoms with Gasteiger partial charge in [0.05, 0.1) is 45.2 Å². The van der Waals surface area contributed by atoms with Crippen molar-refractivity contribution in [2.45, 2.75) is 0 Å². The lowest BCUT2D eigenvalue weighted by atomic mass is 9.89. The van der Waals surface area contributed by atoms with Crippen LogP contribution in [0.3, 0.4) is 0 Å². The Hall–Kier alpha value is -0.580. The Morgan fingerprint density at radius 1 is 0.394 bits per heavy atom. The molecule has 1 heterocycles. The first-order valence-corrected chi connectivity index (χ1v) is 12.4. The number of benzene rings is 3. The van der Waals surface area contributed by atoms with Gasteiger partial charge in [-0.05, 0) is 53.1 Å². The monoisotopic (exact) mass is 613 g/mol. The Labute approximate surface area is 235 Å². The summed E-state index contributed by atoms with van der Waals surface area (Å²) < 4.78 is 0. The fourth-order valence-corrected chi connectivity index (χ4v) is 5.12. The molecule has 168 valence electrons. The second kappa shape index (κ2) is 10.2. The summed E-state index contributed by atoms with van der Waals surface area (Å²) in [5.41, 5.74) is 4.11. The second-order valence-corrected chi connectivity index (χ2v) is 10.4. The van der Waals surface area contributed by atoms with Crippen LogP contribution in [0.25, 0.3) is 33.4 Å². The van der Waals surface area contributed by atoms with Gasteiger partial charge in [0, 0.05) is 29.1 Å². The molecule has 10 heteroatoms. The molecule has 0 spiro atoms. The zero-order valence-corrected chi connectivity index (χ0v) is 22.8. The van der Waals surface area contributed by atoms with Crippen molar-refractivity contribution in [3.8, 4) is 33.4 Å². The molecule has 1 nitrogen and oxygen atoms in total. The molecule has 0 radical (unpaired) electrons. The van der Waals surface area contributed by atoms with E-state index in [1.807, 2.05) is 0 Å². The first-order chi connectivity index (χ1) is 15.6. The minimum absolute atomic E-state index is 0.245. The van der Waals surface area contributed by atoms with Crippen molar-refractivity contribution >= 4 is 104 Å². The molecule has 0 unspecified atom stereocenters. The Bertz CT molecular complexity index is 1270. The van der Waals surface area contributed by atoms with Gasteiger partial charge in [0.2, 0.25) is 0 Å². The number of hydrogen-bond donors (Lipinski definition) is 0. The molecule has 3 aromatic carbocycles. The molecule has 0 saturated carbocycles. The lowest BCUT2D eigenvalue weighted by molar-refractivity contribution is 1.33. The summed E-state index contributed by atoms with van der Waals surface area (Å²) in [4.78, 5) is 4.42. The molecule has 0 saturated heterocycles. The van der Waals surface area contributed by atoms with E-state index >= 15 is 0 Å². The number of rotatable bonds is 3. The third-order valence-corrected chi connectivity index (χ3v) is 8.40. The van der Waals surface area contributed by atoms with E-state index in [2.05, 4.69) is 4.98 Å². The average Bonchev–Trinajstić information content (AvgIpc) is 2.77. The van der Waals surface area contributed by atoms with E-state index in [0.717, 1.165) is 5.56 Å². The van der Waals surface area contributed by atoms with E-state index in [1.54, 1.807) is 48.8 Å². The third-order valence-electron chi connectivity index (χ3n) is 4.81. The van der Waals surface area contributed by atoms with Crippen molar-refractivity contribution in [3.05, 3.63) is 94.0 Å². The molecule has 4 aromatic rings. The van der Waals surface area contributed by atoms with Crippen LogP contribution in [0.1, 0.15) is 0 Å². The molecule has 1 aromatic heterocycles. The zero-order valence-electron chi connectivity index (χ0n) is 16.0. The smallest absolute Gasteiger partial charge is 0.0778 e. The fourth-order valence-electron chi connectivity index (χ4n) is 3.33. The maximum Gasteiger partial charge on any atom is 0.0778 e. The highest BCUT2D eigenvalue weighted by atomic mass is 35.5. The molecular formula is C23H8Cl9N. The normalized spacial score (nSPS) is 11.2. The van der Waals surface area contributed by atoms with Crippen LogP contribution in [-0.2, 0) is 0 Å². The minimum Gasteiger partial charge on any atom is -0.263 e. The van der Waals surface area contributed by atoms with Crippen LogP contribution < -0.4 is 0 Å². The quantitative estimate of drug-likeness (QED) is 0.209. The molecule has 0 N–H and O–H groups in total. The molecule has 33 heavy (non-hydrogen) atoms. The minimum atomic E-state index is 0.245. The van der Waals surface area contributed by atoms with Crippen molar-refractivity contribution in [1.82, 2.24) is 4.98 Å². The van der Waals surface area contributed by atoms with Gasteiger partial charge in [-0.2, -0.15) is 0 Å². The maximum absolute atomic E-state index is 6.36.